The van der Waals surface area contributed by atoms with Crippen molar-refractivity contribution >= 4 is 0 Å². The van der Waals surface area contributed by atoms with E-state index in [0.29, 0.717) is 19.6 Å². The van der Waals surface area contributed by atoms with E-state index in [0.717, 1.165) is 5.56 Å². The number of hydrogen-bond donors (Lipinski definition) is 0. The van der Waals surface area contributed by atoms with E-state index < -0.39 is 12.7 Å². The highest BCUT2D eigenvalue weighted by molar-refractivity contribution is 5.20. The van der Waals surface area contributed by atoms with E-state index in [1.54, 1.807) is 0 Å². The quantitative estimate of drug-likeness (QED) is 0.821. The Hall–Kier alpha value is -1.07. The van der Waals surface area contributed by atoms with Gasteiger partial charge in [0.25, 0.3) is 0 Å². The molecule has 0 N–H and O–H groups in total. The van der Waals surface area contributed by atoms with Crippen LogP contribution in [0.2, 0.25) is 0 Å². The molecular formula is C15H23F3N2. The molecule has 5 heteroatoms. The molecule has 20 heavy (non-hydrogen) atoms. The molecule has 1 heterocycles. The number of piperazine rings is 1. The lowest BCUT2D eigenvalue weighted by Crippen LogP contribution is -2.49. The summed E-state index contributed by atoms with van der Waals surface area (Å²) in [5.41, 5.74) is 1.08. The van der Waals surface area contributed by atoms with Gasteiger partial charge in [-0.2, -0.15) is 13.2 Å². The van der Waals surface area contributed by atoms with Crippen molar-refractivity contribution in [1.82, 2.24) is 9.80 Å². The SMILES string of the molecule is CC.CN1CCN(CC(F)(F)F)CC1c1ccccc1. The smallest absolute Gasteiger partial charge is 0.297 e. The Bertz CT molecular complexity index is 378. The van der Waals surface area contributed by atoms with Crippen molar-refractivity contribution < 1.29 is 13.2 Å². The molecule has 1 aromatic rings. The fourth-order valence-corrected chi connectivity index (χ4v) is 2.36. The Balaban J connectivity index is 0.000000956. The van der Waals surface area contributed by atoms with Gasteiger partial charge in [-0.25, -0.2) is 0 Å². The number of likely N-dealkylation sites (N-methyl/N-ethyl adjacent to an activating group) is 1. The van der Waals surface area contributed by atoms with Crippen LogP contribution in [-0.4, -0.2) is 49.2 Å². The van der Waals surface area contributed by atoms with E-state index in [2.05, 4.69) is 4.90 Å². The number of halogens is 3. The predicted molar refractivity (Wildman–Crippen MR) is 75.7 cm³/mol. The third-order valence-electron chi connectivity index (χ3n) is 3.32. The molecule has 1 aromatic carbocycles. The maximum Gasteiger partial charge on any atom is 0.401 e. The zero-order valence-corrected chi connectivity index (χ0v) is 12.3. The summed E-state index contributed by atoms with van der Waals surface area (Å²) < 4.78 is 37.2. The number of benzene rings is 1. The number of alkyl halides is 3. The number of nitrogens with zero attached hydrogens (tertiary/aromatic N) is 2. The van der Waals surface area contributed by atoms with E-state index in [4.69, 9.17) is 0 Å². The number of rotatable bonds is 2. The van der Waals surface area contributed by atoms with Crippen LogP contribution in [0.15, 0.2) is 30.3 Å². The van der Waals surface area contributed by atoms with Crippen molar-refractivity contribution in [3.8, 4) is 0 Å². The zero-order valence-electron chi connectivity index (χ0n) is 12.3. The molecule has 1 saturated heterocycles. The minimum Gasteiger partial charge on any atom is -0.297 e. The average Bonchev–Trinajstić information content (AvgIpc) is 2.43. The van der Waals surface area contributed by atoms with Gasteiger partial charge in [0.15, 0.2) is 0 Å². The Labute approximate surface area is 119 Å². The zero-order chi connectivity index (χ0) is 15.2. The van der Waals surface area contributed by atoms with Gasteiger partial charge in [0, 0.05) is 25.7 Å². The average molecular weight is 288 g/mol. The molecule has 2 rings (SSSR count). The van der Waals surface area contributed by atoms with Crippen molar-refractivity contribution in [2.75, 3.05) is 33.2 Å². The van der Waals surface area contributed by atoms with Crippen LogP contribution in [0.3, 0.4) is 0 Å². The summed E-state index contributed by atoms with van der Waals surface area (Å²) >= 11 is 0. The van der Waals surface area contributed by atoms with Crippen LogP contribution in [0.4, 0.5) is 13.2 Å². The Kier molecular flexibility index (Phi) is 6.49. The highest BCUT2D eigenvalue weighted by atomic mass is 19.4. The van der Waals surface area contributed by atoms with Crippen LogP contribution < -0.4 is 0 Å². The van der Waals surface area contributed by atoms with E-state index >= 15 is 0 Å². The van der Waals surface area contributed by atoms with Gasteiger partial charge in [-0.15, -0.1) is 0 Å². The predicted octanol–water partition coefficient (Wildman–Crippen LogP) is 3.56. The molecule has 1 aliphatic rings. The highest BCUT2D eigenvalue weighted by Gasteiger charge is 2.34. The molecule has 114 valence electrons. The number of hydrogen-bond acceptors (Lipinski definition) is 2. The second-order valence-electron chi connectivity index (χ2n) is 4.76. The van der Waals surface area contributed by atoms with E-state index in [1.807, 2.05) is 51.2 Å². The first-order valence-electron chi connectivity index (χ1n) is 7.00. The third-order valence-corrected chi connectivity index (χ3v) is 3.32. The molecule has 1 atom stereocenters. The Morgan fingerprint density at radius 1 is 1.10 bits per heavy atom. The van der Waals surface area contributed by atoms with Crippen molar-refractivity contribution in [1.29, 1.82) is 0 Å². The summed E-state index contributed by atoms with van der Waals surface area (Å²) in [6, 6.07) is 9.75. The van der Waals surface area contributed by atoms with Gasteiger partial charge < -0.3 is 0 Å². The molecule has 1 unspecified atom stereocenters. The first-order chi connectivity index (χ1) is 9.46. The minimum absolute atomic E-state index is 0.0438. The lowest BCUT2D eigenvalue weighted by atomic mass is 10.0. The van der Waals surface area contributed by atoms with Crippen LogP contribution in [0.25, 0.3) is 0 Å². The summed E-state index contributed by atoms with van der Waals surface area (Å²) in [4.78, 5) is 3.60. The van der Waals surface area contributed by atoms with Crippen molar-refractivity contribution in [2.45, 2.75) is 26.1 Å². The van der Waals surface area contributed by atoms with Crippen molar-refractivity contribution in [3.05, 3.63) is 35.9 Å². The van der Waals surface area contributed by atoms with Crippen LogP contribution in [-0.2, 0) is 0 Å². The standard InChI is InChI=1S/C13H17F3N2.C2H6/c1-17-7-8-18(10-13(14,15)16)9-12(17)11-5-3-2-4-6-11;1-2/h2-6,12H,7-10H2,1H3;1-2H3. The summed E-state index contributed by atoms with van der Waals surface area (Å²) in [5.74, 6) is 0. The summed E-state index contributed by atoms with van der Waals surface area (Å²) in [6.07, 6.45) is -4.11. The molecule has 0 saturated carbocycles. The maximum atomic E-state index is 12.4. The van der Waals surface area contributed by atoms with Crippen LogP contribution in [0, 0.1) is 0 Å². The van der Waals surface area contributed by atoms with Crippen molar-refractivity contribution in [3.63, 3.8) is 0 Å². The van der Waals surface area contributed by atoms with Gasteiger partial charge in [-0.1, -0.05) is 44.2 Å². The third kappa shape index (κ3) is 5.13. The van der Waals surface area contributed by atoms with Crippen LogP contribution in [0.1, 0.15) is 25.5 Å². The molecule has 0 aliphatic carbocycles. The molecular weight excluding hydrogens is 265 g/mol. The monoisotopic (exact) mass is 288 g/mol. The normalized spacial score (nSPS) is 21.2. The molecule has 0 radical (unpaired) electrons. The van der Waals surface area contributed by atoms with Crippen LogP contribution >= 0.6 is 0 Å². The summed E-state index contributed by atoms with van der Waals surface area (Å²) in [7, 11) is 1.96. The second-order valence-corrected chi connectivity index (χ2v) is 4.76. The Morgan fingerprint density at radius 3 is 2.25 bits per heavy atom. The Morgan fingerprint density at radius 2 is 1.70 bits per heavy atom. The first kappa shape index (κ1) is 17.0. The van der Waals surface area contributed by atoms with Gasteiger partial charge in [-0.05, 0) is 12.6 Å². The topological polar surface area (TPSA) is 6.48 Å². The largest absolute Gasteiger partial charge is 0.401 e. The van der Waals surface area contributed by atoms with Gasteiger partial charge in [0.2, 0.25) is 0 Å². The highest BCUT2D eigenvalue weighted by Crippen LogP contribution is 2.26. The lowest BCUT2D eigenvalue weighted by Gasteiger charge is -2.39. The fourth-order valence-electron chi connectivity index (χ4n) is 2.36. The first-order valence-corrected chi connectivity index (χ1v) is 7.00. The van der Waals surface area contributed by atoms with Crippen LogP contribution in [0.5, 0.6) is 0 Å². The molecule has 1 aliphatic heterocycles. The van der Waals surface area contributed by atoms with E-state index in [-0.39, 0.29) is 6.04 Å². The fraction of sp³-hybridized carbons (Fsp3) is 0.600. The molecule has 0 spiro atoms. The van der Waals surface area contributed by atoms with E-state index in [9.17, 15) is 13.2 Å². The summed E-state index contributed by atoms with van der Waals surface area (Å²) in [5, 5.41) is 0. The molecule has 0 aromatic heterocycles. The molecule has 0 bridgehead atoms. The van der Waals surface area contributed by atoms with Crippen molar-refractivity contribution in [2.24, 2.45) is 0 Å². The van der Waals surface area contributed by atoms with Gasteiger partial charge >= 0.3 is 6.18 Å². The molecule has 2 nitrogen and oxygen atoms in total. The van der Waals surface area contributed by atoms with E-state index in [1.165, 1.54) is 4.90 Å². The van der Waals surface area contributed by atoms with Gasteiger partial charge in [0.05, 0.1) is 6.54 Å². The van der Waals surface area contributed by atoms with Gasteiger partial charge in [-0.3, -0.25) is 9.80 Å². The van der Waals surface area contributed by atoms with Gasteiger partial charge in [0.1, 0.15) is 0 Å². The second kappa shape index (κ2) is 7.64. The maximum absolute atomic E-state index is 12.4. The minimum atomic E-state index is -4.11. The lowest BCUT2D eigenvalue weighted by molar-refractivity contribution is -0.151. The summed E-state index contributed by atoms with van der Waals surface area (Å²) in [6.45, 7) is 4.75. The molecule has 0 amide bonds. The molecule has 1 fully saturated rings.